The summed E-state index contributed by atoms with van der Waals surface area (Å²) in [7, 11) is 0. The number of carbonyl (C=O) groups is 2. The summed E-state index contributed by atoms with van der Waals surface area (Å²) in [6, 6.07) is 23.0. The summed E-state index contributed by atoms with van der Waals surface area (Å²) in [6.07, 6.45) is 0.256. The van der Waals surface area contributed by atoms with Crippen LogP contribution in [0.3, 0.4) is 0 Å². The van der Waals surface area contributed by atoms with Gasteiger partial charge in [-0.3, -0.25) is 9.59 Å². The molecule has 6 rings (SSSR count). The Morgan fingerprint density at radius 2 is 1.73 bits per heavy atom. The van der Waals surface area contributed by atoms with E-state index in [1.807, 2.05) is 62.4 Å². The highest BCUT2D eigenvalue weighted by molar-refractivity contribution is 6.20. The molecule has 1 atom stereocenters. The van der Waals surface area contributed by atoms with Gasteiger partial charge in [-0.1, -0.05) is 60.7 Å². The molecule has 4 aromatic rings. The van der Waals surface area contributed by atoms with Gasteiger partial charge in [0.25, 0.3) is 11.8 Å². The van der Waals surface area contributed by atoms with E-state index in [1.54, 1.807) is 28.9 Å². The molecule has 3 aromatic carbocycles. The van der Waals surface area contributed by atoms with Gasteiger partial charge < -0.3 is 15.4 Å². The Balaban J connectivity index is 1.45. The van der Waals surface area contributed by atoms with E-state index < -0.39 is 29.4 Å². The molecule has 9 heteroatoms. The maximum atomic E-state index is 15.0. The summed E-state index contributed by atoms with van der Waals surface area (Å²) < 4.78 is 22.9. The number of nitrogens with zero attached hydrogens (tertiary/aromatic N) is 3. The minimum atomic E-state index is -1.27. The van der Waals surface area contributed by atoms with Gasteiger partial charge in [0.05, 0.1) is 11.4 Å². The summed E-state index contributed by atoms with van der Waals surface area (Å²) in [6.45, 7) is 4.38. The van der Waals surface area contributed by atoms with E-state index in [2.05, 4.69) is 15.7 Å². The molecule has 8 nitrogen and oxygen atoms in total. The number of hydrogen-bond donors (Lipinski definition) is 2. The standard InChI is InChI=1S/C31H28FN5O3/c1-31(2)17-10-18-37-30(40-31)24(26(36-37)20-13-6-8-15-22(20)32)28(38)35-27-29(39)33-23-16-9-7-14-21(23)25(34-27)19-11-4-3-5-12-19/h3-9,11-16,27H,10,17-18H2,1-2H3,(H,33,39)(H,35,38). The monoisotopic (exact) mass is 537 g/mol. The van der Waals surface area contributed by atoms with Crippen molar-refractivity contribution in [3.63, 3.8) is 0 Å². The van der Waals surface area contributed by atoms with Crippen LogP contribution in [0.2, 0.25) is 0 Å². The van der Waals surface area contributed by atoms with Crippen molar-refractivity contribution in [3.05, 3.63) is 101 Å². The Morgan fingerprint density at radius 1 is 1.02 bits per heavy atom. The first kappa shape index (κ1) is 25.5. The van der Waals surface area contributed by atoms with E-state index in [1.165, 1.54) is 6.07 Å². The van der Waals surface area contributed by atoms with E-state index in [0.29, 0.717) is 17.9 Å². The second kappa shape index (κ2) is 10.1. The van der Waals surface area contributed by atoms with Crippen LogP contribution in [0.5, 0.6) is 5.88 Å². The molecule has 202 valence electrons. The van der Waals surface area contributed by atoms with Crippen molar-refractivity contribution in [2.24, 2.45) is 4.99 Å². The number of rotatable bonds is 4. The smallest absolute Gasteiger partial charge is 0.269 e. The summed E-state index contributed by atoms with van der Waals surface area (Å²) in [4.78, 5) is 32.1. The van der Waals surface area contributed by atoms with E-state index >= 15 is 0 Å². The van der Waals surface area contributed by atoms with Crippen LogP contribution in [0.4, 0.5) is 10.1 Å². The maximum Gasteiger partial charge on any atom is 0.269 e. The molecule has 0 bridgehead atoms. The molecule has 0 radical (unpaired) electrons. The number of benzodiazepines with no additional fused rings is 1. The highest BCUT2D eigenvalue weighted by atomic mass is 19.1. The average Bonchev–Trinajstić information content (AvgIpc) is 3.11. The lowest BCUT2D eigenvalue weighted by atomic mass is 10.0. The Hall–Kier alpha value is -4.79. The lowest BCUT2D eigenvalue weighted by Crippen LogP contribution is -2.42. The fourth-order valence-electron chi connectivity index (χ4n) is 5.09. The molecule has 2 aliphatic rings. The topological polar surface area (TPSA) is 97.6 Å². The zero-order chi connectivity index (χ0) is 27.9. The summed E-state index contributed by atoms with van der Waals surface area (Å²) in [5, 5.41) is 10.3. The van der Waals surface area contributed by atoms with Gasteiger partial charge in [-0.15, -0.1) is 0 Å². The molecule has 1 aromatic heterocycles. The lowest BCUT2D eigenvalue weighted by Gasteiger charge is -2.24. The molecular formula is C31H28FN5O3. The van der Waals surface area contributed by atoms with Gasteiger partial charge in [0.2, 0.25) is 12.0 Å². The van der Waals surface area contributed by atoms with Gasteiger partial charge in [-0.25, -0.2) is 14.1 Å². The molecule has 3 heterocycles. The van der Waals surface area contributed by atoms with Crippen LogP contribution in [0.1, 0.15) is 48.2 Å². The van der Waals surface area contributed by atoms with Crippen molar-refractivity contribution < 1.29 is 18.7 Å². The number of benzene rings is 3. The fourth-order valence-corrected chi connectivity index (χ4v) is 5.09. The fraction of sp³-hybridized carbons (Fsp3) is 0.226. The predicted molar refractivity (Wildman–Crippen MR) is 150 cm³/mol. The van der Waals surface area contributed by atoms with E-state index in [4.69, 9.17) is 9.73 Å². The minimum absolute atomic E-state index is 0.0612. The average molecular weight is 538 g/mol. The van der Waals surface area contributed by atoms with Crippen molar-refractivity contribution in [1.82, 2.24) is 15.1 Å². The van der Waals surface area contributed by atoms with Gasteiger partial charge >= 0.3 is 0 Å². The van der Waals surface area contributed by atoms with Gasteiger partial charge in [-0.2, -0.15) is 5.10 Å². The molecule has 0 saturated carbocycles. The molecule has 1 unspecified atom stereocenters. The number of fused-ring (bicyclic) bond motifs is 2. The Morgan fingerprint density at radius 3 is 2.50 bits per heavy atom. The van der Waals surface area contributed by atoms with Crippen LogP contribution >= 0.6 is 0 Å². The molecule has 0 aliphatic carbocycles. The predicted octanol–water partition coefficient (Wildman–Crippen LogP) is 5.19. The number of ether oxygens (including phenoxy) is 1. The van der Waals surface area contributed by atoms with Crippen LogP contribution in [0, 0.1) is 5.82 Å². The van der Waals surface area contributed by atoms with Gasteiger partial charge in [-0.05, 0) is 44.9 Å². The summed E-state index contributed by atoms with van der Waals surface area (Å²) >= 11 is 0. The summed E-state index contributed by atoms with van der Waals surface area (Å²) in [5.74, 6) is -1.42. The number of hydrogen-bond acceptors (Lipinski definition) is 5. The van der Waals surface area contributed by atoms with Crippen molar-refractivity contribution in [2.45, 2.75) is 45.0 Å². The zero-order valence-corrected chi connectivity index (χ0v) is 22.1. The minimum Gasteiger partial charge on any atom is -0.471 e. The van der Waals surface area contributed by atoms with Crippen LogP contribution in [-0.4, -0.2) is 39.1 Å². The molecule has 2 aliphatic heterocycles. The SMILES string of the molecule is CC1(C)CCCn2nc(-c3ccccc3F)c(C(=O)NC3N=C(c4ccccc4)c4ccccc4NC3=O)c2O1. The van der Waals surface area contributed by atoms with Crippen LogP contribution in [-0.2, 0) is 11.3 Å². The van der Waals surface area contributed by atoms with Gasteiger partial charge in [0.15, 0.2) is 0 Å². The number of halogens is 1. The van der Waals surface area contributed by atoms with Crippen LogP contribution in [0.15, 0.2) is 83.9 Å². The number of anilines is 1. The number of aryl methyl sites for hydroxylation is 1. The van der Waals surface area contributed by atoms with Crippen molar-refractivity contribution in [1.29, 1.82) is 0 Å². The Bertz CT molecular complexity index is 1640. The second-order valence-corrected chi connectivity index (χ2v) is 10.5. The highest BCUT2D eigenvalue weighted by Gasteiger charge is 2.36. The number of para-hydroxylation sites is 1. The zero-order valence-electron chi connectivity index (χ0n) is 22.1. The molecule has 0 fully saturated rings. The third-order valence-corrected chi connectivity index (χ3v) is 7.05. The summed E-state index contributed by atoms with van der Waals surface area (Å²) in [5.41, 5.74) is 2.47. The van der Waals surface area contributed by atoms with Crippen molar-refractivity contribution >= 4 is 23.2 Å². The molecule has 0 saturated heterocycles. The molecular weight excluding hydrogens is 509 g/mol. The first-order valence-corrected chi connectivity index (χ1v) is 13.2. The number of carbonyl (C=O) groups excluding carboxylic acids is 2. The van der Waals surface area contributed by atoms with Gasteiger partial charge in [0.1, 0.15) is 22.7 Å². The normalized spacial score (nSPS) is 17.7. The largest absolute Gasteiger partial charge is 0.471 e. The van der Waals surface area contributed by atoms with E-state index in [-0.39, 0.29) is 22.7 Å². The molecule has 0 spiro atoms. The lowest BCUT2D eigenvalue weighted by molar-refractivity contribution is -0.117. The van der Waals surface area contributed by atoms with Crippen molar-refractivity contribution in [3.8, 4) is 17.1 Å². The van der Waals surface area contributed by atoms with E-state index in [0.717, 1.165) is 24.0 Å². The maximum absolute atomic E-state index is 15.0. The van der Waals surface area contributed by atoms with Crippen LogP contribution in [0.25, 0.3) is 11.3 Å². The quantitative estimate of drug-likeness (QED) is 0.375. The molecule has 40 heavy (non-hydrogen) atoms. The molecule has 2 amide bonds. The number of amides is 2. The van der Waals surface area contributed by atoms with Crippen molar-refractivity contribution in [2.75, 3.05) is 5.32 Å². The van der Waals surface area contributed by atoms with E-state index in [9.17, 15) is 14.0 Å². The highest BCUT2D eigenvalue weighted by Crippen LogP contribution is 2.37. The Kier molecular flexibility index (Phi) is 6.42. The first-order chi connectivity index (χ1) is 19.3. The Labute approximate surface area is 230 Å². The first-order valence-electron chi connectivity index (χ1n) is 13.2. The molecule has 2 N–H and O–H groups in total. The van der Waals surface area contributed by atoms with Crippen LogP contribution < -0.4 is 15.4 Å². The number of aromatic nitrogens is 2. The van der Waals surface area contributed by atoms with Gasteiger partial charge in [0, 0.05) is 23.2 Å². The third-order valence-electron chi connectivity index (χ3n) is 7.05. The second-order valence-electron chi connectivity index (χ2n) is 10.5. The number of aliphatic imine (C=N–C) groups is 1. The third kappa shape index (κ3) is 4.75. The number of nitrogens with one attached hydrogen (secondary N) is 2.